The Morgan fingerprint density at radius 2 is 1.50 bits per heavy atom. The average Bonchev–Trinajstić information content (AvgIpc) is 2.53. The van der Waals surface area contributed by atoms with Crippen molar-refractivity contribution in [1.82, 2.24) is 0 Å². The Hall–Kier alpha value is -2.35. The minimum atomic E-state index is 0.951. The molecule has 0 bridgehead atoms. The fraction of sp³-hybridized carbons (Fsp3) is 0. The van der Waals surface area contributed by atoms with Crippen molar-refractivity contribution in [2.75, 3.05) is 0 Å². The third-order valence-corrected chi connectivity index (χ3v) is 3.87. The fourth-order valence-electron chi connectivity index (χ4n) is 2.30. The normalized spacial score (nSPS) is 10.2. The van der Waals surface area contributed by atoms with Crippen molar-refractivity contribution in [2.45, 2.75) is 4.90 Å². The van der Waals surface area contributed by atoms with E-state index < -0.39 is 0 Å². The second kappa shape index (κ2) is 5.74. The highest BCUT2D eigenvalue weighted by Gasteiger charge is 2.08. The number of rotatable bonds is 3. The summed E-state index contributed by atoms with van der Waals surface area (Å²) in [4.78, 5) is 11.3. The quantitative estimate of drug-likeness (QED) is 0.389. The molecule has 3 aromatic rings. The van der Waals surface area contributed by atoms with Crippen molar-refractivity contribution < 1.29 is 4.79 Å². The minimum Gasteiger partial charge on any atom is -0.210 e. The third-order valence-electron chi connectivity index (χ3n) is 3.15. The summed E-state index contributed by atoms with van der Waals surface area (Å²) >= 11 is 1.15. The number of isocyanates is 1. The molecule has 0 fully saturated rings. The number of benzene rings is 3. The van der Waals surface area contributed by atoms with E-state index >= 15 is 0 Å². The molecule has 0 aliphatic heterocycles. The van der Waals surface area contributed by atoms with Gasteiger partial charge >= 0.3 is 0 Å². The van der Waals surface area contributed by atoms with Crippen LogP contribution in [0.25, 0.3) is 21.9 Å². The average molecular weight is 277 g/mol. The number of hydrogen-bond donors (Lipinski definition) is 0. The topological polar surface area (TPSA) is 29.4 Å². The maximum atomic E-state index is 10.3. The molecular formula is C17H11NOS. The summed E-state index contributed by atoms with van der Waals surface area (Å²) in [5, 5.41) is 2.39. The summed E-state index contributed by atoms with van der Waals surface area (Å²) in [5.41, 5.74) is 2.22. The first-order chi connectivity index (χ1) is 9.90. The number of fused-ring (bicyclic) bond motifs is 1. The molecule has 0 saturated heterocycles. The van der Waals surface area contributed by atoms with Gasteiger partial charge < -0.3 is 0 Å². The molecule has 2 nitrogen and oxygen atoms in total. The van der Waals surface area contributed by atoms with Crippen LogP contribution in [-0.2, 0) is 4.79 Å². The van der Waals surface area contributed by atoms with Crippen LogP contribution in [0.2, 0.25) is 0 Å². The van der Waals surface area contributed by atoms with Crippen molar-refractivity contribution in [2.24, 2.45) is 4.40 Å². The smallest absolute Gasteiger partial charge is 0.210 e. The molecule has 0 saturated carbocycles. The largest absolute Gasteiger partial charge is 0.247 e. The van der Waals surface area contributed by atoms with Crippen molar-refractivity contribution in [3.05, 3.63) is 66.7 Å². The number of carbonyl (C=O) groups excluding carboxylic acids is 1. The maximum absolute atomic E-state index is 10.3. The number of hydrogen-bond acceptors (Lipinski definition) is 3. The van der Waals surface area contributed by atoms with Crippen LogP contribution in [0.3, 0.4) is 0 Å². The highest BCUT2D eigenvalue weighted by Crippen LogP contribution is 2.35. The Labute approximate surface area is 121 Å². The minimum absolute atomic E-state index is 0.951. The fourth-order valence-corrected chi connectivity index (χ4v) is 2.85. The zero-order valence-electron chi connectivity index (χ0n) is 10.6. The summed E-state index contributed by atoms with van der Waals surface area (Å²) in [5.74, 6) is 0. The van der Waals surface area contributed by atoms with Gasteiger partial charge in [0.2, 0.25) is 6.08 Å². The molecule has 0 atom stereocenters. The number of nitrogens with zero attached hydrogens (tertiary/aromatic N) is 1. The summed E-state index contributed by atoms with van der Waals surface area (Å²) in [6, 6.07) is 22.4. The summed E-state index contributed by atoms with van der Waals surface area (Å²) < 4.78 is 3.62. The van der Waals surface area contributed by atoms with Crippen LogP contribution in [0.15, 0.2) is 76.0 Å². The van der Waals surface area contributed by atoms with Gasteiger partial charge in [0.1, 0.15) is 0 Å². The Balaban J connectivity index is 2.23. The summed E-state index contributed by atoms with van der Waals surface area (Å²) in [7, 11) is 0. The van der Waals surface area contributed by atoms with E-state index in [0.717, 1.165) is 28.0 Å². The van der Waals surface area contributed by atoms with Crippen LogP contribution in [0.4, 0.5) is 0 Å². The van der Waals surface area contributed by atoms with E-state index in [1.807, 2.05) is 42.5 Å². The van der Waals surface area contributed by atoms with Gasteiger partial charge in [-0.25, -0.2) is 4.79 Å². The Kier molecular flexibility index (Phi) is 3.64. The first-order valence-electron chi connectivity index (χ1n) is 6.21. The van der Waals surface area contributed by atoms with E-state index in [9.17, 15) is 4.79 Å². The molecule has 0 heterocycles. The molecule has 0 N–H and O–H groups in total. The van der Waals surface area contributed by atoms with Crippen LogP contribution < -0.4 is 0 Å². The van der Waals surface area contributed by atoms with Crippen LogP contribution in [0.1, 0.15) is 0 Å². The van der Waals surface area contributed by atoms with E-state index in [0.29, 0.717) is 0 Å². The molecule has 96 valence electrons. The van der Waals surface area contributed by atoms with Gasteiger partial charge in [0.05, 0.1) is 0 Å². The van der Waals surface area contributed by atoms with E-state index in [1.165, 1.54) is 10.8 Å². The molecule has 3 heteroatoms. The SMILES string of the molecule is O=C=NSc1ccccc1-c1cccc2ccccc12. The van der Waals surface area contributed by atoms with Crippen LogP contribution in [0.5, 0.6) is 0 Å². The lowest BCUT2D eigenvalue weighted by atomic mass is 9.98. The second-order valence-corrected chi connectivity index (χ2v) is 5.10. The Morgan fingerprint density at radius 3 is 2.40 bits per heavy atom. The summed E-state index contributed by atoms with van der Waals surface area (Å²) in [6.07, 6.45) is 1.57. The Morgan fingerprint density at radius 1 is 0.800 bits per heavy atom. The molecule has 20 heavy (non-hydrogen) atoms. The van der Waals surface area contributed by atoms with Gasteiger partial charge in [-0.3, -0.25) is 0 Å². The van der Waals surface area contributed by atoms with Crippen molar-refractivity contribution >= 4 is 28.8 Å². The molecule has 0 unspecified atom stereocenters. The van der Waals surface area contributed by atoms with Gasteiger partial charge in [-0.1, -0.05) is 60.7 Å². The predicted molar refractivity (Wildman–Crippen MR) is 83.4 cm³/mol. The zero-order valence-corrected chi connectivity index (χ0v) is 11.4. The molecule has 0 aliphatic rings. The van der Waals surface area contributed by atoms with Crippen molar-refractivity contribution in [1.29, 1.82) is 0 Å². The first kappa shape index (κ1) is 12.7. The predicted octanol–water partition coefficient (Wildman–Crippen LogP) is 4.85. The molecular weight excluding hydrogens is 266 g/mol. The van der Waals surface area contributed by atoms with E-state index in [1.54, 1.807) is 6.08 Å². The Bertz CT molecular complexity index is 801. The lowest BCUT2D eigenvalue weighted by Gasteiger charge is -2.09. The van der Waals surface area contributed by atoms with Gasteiger partial charge in [0, 0.05) is 16.8 Å². The van der Waals surface area contributed by atoms with Gasteiger partial charge in [-0.15, -0.1) is 4.40 Å². The second-order valence-electron chi connectivity index (χ2n) is 4.30. The molecule has 0 amide bonds. The molecule has 0 spiro atoms. The monoisotopic (exact) mass is 277 g/mol. The molecule has 0 aliphatic carbocycles. The zero-order chi connectivity index (χ0) is 13.8. The molecule has 3 rings (SSSR count). The highest BCUT2D eigenvalue weighted by atomic mass is 32.2. The molecule has 0 aromatic heterocycles. The highest BCUT2D eigenvalue weighted by molar-refractivity contribution is 7.98. The van der Waals surface area contributed by atoms with Crippen LogP contribution in [0, 0.1) is 0 Å². The lowest BCUT2D eigenvalue weighted by Crippen LogP contribution is -1.83. The van der Waals surface area contributed by atoms with E-state index in [-0.39, 0.29) is 0 Å². The third kappa shape index (κ3) is 2.37. The van der Waals surface area contributed by atoms with E-state index in [2.05, 4.69) is 28.7 Å². The molecule has 3 aromatic carbocycles. The van der Waals surface area contributed by atoms with E-state index in [4.69, 9.17) is 0 Å². The van der Waals surface area contributed by atoms with Gasteiger partial charge in [0.25, 0.3) is 0 Å². The van der Waals surface area contributed by atoms with Crippen molar-refractivity contribution in [3.8, 4) is 11.1 Å². The maximum Gasteiger partial charge on any atom is 0.247 e. The van der Waals surface area contributed by atoms with Crippen LogP contribution >= 0.6 is 11.9 Å². The van der Waals surface area contributed by atoms with Crippen LogP contribution in [-0.4, -0.2) is 6.08 Å². The summed E-state index contributed by atoms with van der Waals surface area (Å²) in [6.45, 7) is 0. The van der Waals surface area contributed by atoms with Gasteiger partial charge in [0.15, 0.2) is 0 Å². The van der Waals surface area contributed by atoms with Gasteiger partial charge in [-0.05, 0) is 28.0 Å². The first-order valence-corrected chi connectivity index (χ1v) is 6.99. The molecule has 0 radical (unpaired) electrons. The standard InChI is InChI=1S/C17H11NOS/c19-12-18-20-17-11-4-3-9-16(17)15-10-5-7-13-6-1-2-8-14(13)15/h1-11H. The lowest BCUT2D eigenvalue weighted by molar-refractivity contribution is 0.566. The van der Waals surface area contributed by atoms with Crippen molar-refractivity contribution in [3.63, 3.8) is 0 Å². The van der Waals surface area contributed by atoms with Gasteiger partial charge in [-0.2, -0.15) is 0 Å².